The largest absolute Gasteiger partial charge is 0.331 e. The van der Waals surface area contributed by atoms with Gasteiger partial charge in [-0.15, -0.1) is 0 Å². The zero-order chi connectivity index (χ0) is 17.1. The van der Waals surface area contributed by atoms with E-state index in [9.17, 15) is 9.18 Å². The first kappa shape index (κ1) is 16.5. The average molecular weight is 330 g/mol. The van der Waals surface area contributed by atoms with Crippen LogP contribution >= 0.6 is 0 Å². The molecule has 0 spiro atoms. The van der Waals surface area contributed by atoms with Crippen LogP contribution in [0.1, 0.15) is 43.4 Å². The zero-order valence-corrected chi connectivity index (χ0v) is 14.1. The summed E-state index contributed by atoms with van der Waals surface area (Å²) in [6, 6.07) is 6.52. The van der Waals surface area contributed by atoms with Crippen molar-refractivity contribution in [1.82, 2.24) is 20.0 Å². The van der Waals surface area contributed by atoms with Gasteiger partial charge in [-0.3, -0.25) is 4.68 Å². The van der Waals surface area contributed by atoms with E-state index in [0.29, 0.717) is 12.1 Å². The van der Waals surface area contributed by atoms with Crippen molar-refractivity contribution in [2.24, 2.45) is 7.05 Å². The van der Waals surface area contributed by atoms with Gasteiger partial charge in [-0.05, 0) is 32.3 Å². The number of carbonyl (C=O) groups is 1. The lowest BCUT2D eigenvalue weighted by molar-refractivity contribution is 0.130. The van der Waals surface area contributed by atoms with E-state index in [0.717, 1.165) is 24.8 Å². The molecule has 5 nitrogen and oxygen atoms in total. The number of amides is 2. The van der Waals surface area contributed by atoms with Gasteiger partial charge in [0.25, 0.3) is 0 Å². The van der Waals surface area contributed by atoms with Crippen LogP contribution in [0, 0.1) is 5.82 Å². The van der Waals surface area contributed by atoms with Gasteiger partial charge in [-0.2, -0.15) is 5.10 Å². The molecule has 0 bridgehead atoms. The number of halogens is 1. The Kier molecular flexibility index (Phi) is 4.83. The van der Waals surface area contributed by atoms with E-state index in [1.165, 1.54) is 6.07 Å². The van der Waals surface area contributed by atoms with Gasteiger partial charge < -0.3 is 10.2 Å². The number of carbonyl (C=O) groups excluding carboxylic acids is 1. The molecular weight excluding hydrogens is 307 g/mol. The van der Waals surface area contributed by atoms with Crippen molar-refractivity contribution in [3.63, 3.8) is 0 Å². The minimum atomic E-state index is -0.269. The van der Waals surface area contributed by atoms with Crippen LogP contribution in [0.2, 0.25) is 0 Å². The smallest absolute Gasteiger partial charge is 0.318 e. The molecule has 2 aromatic rings. The molecule has 1 saturated carbocycles. The topological polar surface area (TPSA) is 50.2 Å². The number of aryl methyl sites for hydroxylation is 1. The van der Waals surface area contributed by atoms with Gasteiger partial charge in [0, 0.05) is 30.4 Å². The van der Waals surface area contributed by atoms with Gasteiger partial charge >= 0.3 is 6.03 Å². The first-order valence-electron chi connectivity index (χ1n) is 8.33. The highest BCUT2D eigenvalue weighted by atomic mass is 19.1. The number of aromatic nitrogens is 2. The third-order valence-corrected chi connectivity index (χ3v) is 4.64. The van der Waals surface area contributed by atoms with Crippen LogP contribution < -0.4 is 5.32 Å². The van der Waals surface area contributed by atoms with Crippen LogP contribution in [0.25, 0.3) is 0 Å². The number of benzene rings is 1. The maximum Gasteiger partial charge on any atom is 0.318 e. The third kappa shape index (κ3) is 3.58. The number of hydrogen-bond donors (Lipinski definition) is 1. The molecule has 128 valence electrons. The standard InChI is InChI=1S/C18H23FN4O/c1-13(15-10-20-22(2)11-15)21-18(24)23(16-7-5-8-16)12-14-6-3-4-9-17(14)19/h3-4,6,9-11,13,16H,5,7-8,12H2,1-2H3,(H,21,24)/t13-/m0/s1. The van der Waals surface area contributed by atoms with Gasteiger partial charge in [0.05, 0.1) is 18.8 Å². The van der Waals surface area contributed by atoms with E-state index in [1.807, 2.05) is 20.2 Å². The van der Waals surface area contributed by atoms with Crippen molar-refractivity contribution in [2.45, 2.75) is 44.8 Å². The Morgan fingerprint density at radius 2 is 2.21 bits per heavy atom. The van der Waals surface area contributed by atoms with Crippen molar-refractivity contribution >= 4 is 6.03 Å². The second-order valence-corrected chi connectivity index (χ2v) is 6.42. The van der Waals surface area contributed by atoms with Crippen LogP contribution in [-0.4, -0.2) is 26.8 Å². The molecule has 0 saturated heterocycles. The Bertz CT molecular complexity index is 711. The highest BCUT2D eigenvalue weighted by Gasteiger charge is 2.30. The van der Waals surface area contributed by atoms with Gasteiger partial charge in [-0.25, -0.2) is 9.18 Å². The summed E-state index contributed by atoms with van der Waals surface area (Å²) in [5, 5.41) is 7.14. The molecule has 1 fully saturated rings. The minimum absolute atomic E-state index is 0.144. The summed E-state index contributed by atoms with van der Waals surface area (Å²) in [5.74, 6) is -0.269. The van der Waals surface area contributed by atoms with Gasteiger partial charge in [0.1, 0.15) is 5.82 Å². The fourth-order valence-electron chi connectivity index (χ4n) is 2.89. The van der Waals surface area contributed by atoms with Crippen LogP contribution in [0.3, 0.4) is 0 Å². The van der Waals surface area contributed by atoms with Crippen molar-refractivity contribution in [2.75, 3.05) is 0 Å². The summed E-state index contributed by atoms with van der Waals surface area (Å²) < 4.78 is 15.7. The molecule has 0 unspecified atom stereocenters. The van der Waals surface area contributed by atoms with E-state index in [2.05, 4.69) is 10.4 Å². The molecule has 2 amide bonds. The molecule has 1 atom stereocenters. The fourth-order valence-corrected chi connectivity index (χ4v) is 2.89. The molecule has 1 aromatic heterocycles. The van der Waals surface area contributed by atoms with E-state index in [4.69, 9.17) is 0 Å². The number of nitrogens with zero attached hydrogens (tertiary/aromatic N) is 3. The molecule has 1 N–H and O–H groups in total. The number of hydrogen-bond acceptors (Lipinski definition) is 2. The molecule has 1 aromatic carbocycles. The predicted octanol–water partition coefficient (Wildman–Crippen LogP) is 3.38. The molecule has 1 aliphatic carbocycles. The summed E-state index contributed by atoms with van der Waals surface area (Å²) in [6.07, 6.45) is 6.70. The minimum Gasteiger partial charge on any atom is -0.331 e. The van der Waals surface area contributed by atoms with Crippen molar-refractivity contribution in [3.05, 3.63) is 53.6 Å². The monoisotopic (exact) mass is 330 g/mol. The van der Waals surface area contributed by atoms with Crippen LogP contribution in [0.4, 0.5) is 9.18 Å². The number of rotatable bonds is 5. The number of nitrogens with one attached hydrogen (secondary N) is 1. The highest BCUT2D eigenvalue weighted by molar-refractivity contribution is 5.75. The van der Waals surface area contributed by atoms with Crippen molar-refractivity contribution in [1.29, 1.82) is 0 Å². The lowest BCUT2D eigenvalue weighted by Crippen LogP contribution is -2.49. The molecule has 24 heavy (non-hydrogen) atoms. The second kappa shape index (κ2) is 7.03. The van der Waals surface area contributed by atoms with Gasteiger partial charge in [0.15, 0.2) is 0 Å². The first-order chi connectivity index (χ1) is 11.5. The summed E-state index contributed by atoms with van der Waals surface area (Å²) in [4.78, 5) is 14.5. The maximum absolute atomic E-state index is 14.0. The Morgan fingerprint density at radius 3 is 2.79 bits per heavy atom. The van der Waals surface area contributed by atoms with Crippen LogP contribution in [0.5, 0.6) is 0 Å². The summed E-state index contributed by atoms with van der Waals surface area (Å²) in [6.45, 7) is 2.22. The molecular formula is C18H23FN4O. The Balaban J connectivity index is 1.71. The number of urea groups is 1. The molecule has 0 radical (unpaired) electrons. The Labute approximate surface area is 141 Å². The van der Waals surface area contributed by atoms with E-state index >= 15 is 0 Å². The average Bonchev–Trinajstić information content (AvgIpc) is 2.93. The normalized spacial score (nSPS) is 15.6. The SMILES string of the molecule is C[C@H](NC(=O)N(Cc1ccccc1F)C1CCC1)c1cnn(C)c1. The third-order valence-electron chi connectivity index (χ3n) is 4.64. The predicted molar refractivity (Wildman–Crippen MR) is 89.7 cm³/mol. The van der Waals surface area contributed by atoms with Crippen molar-refractivity contribution in [3.8, 4) is 0 Å². The quantitative estimate of drug-likeness (QED) is 0.913. The lowest BCUT2D eigenvalue weighted by atomic mass is 9.91. The van der Waals surface area contributed by atoms with E-state index in [-0.39, 0.29) is 23.9 Å². The summed E-state index contributed by atoms with van der Waals surface area (Å²) in [7, 11) is 1.84. The van der Waals surface area contributed by atoms with E-state index in [1.54, 1.807) is 34.0 Å². The van der Waals surface area contributed by atoms with Gasteiger partial charge in [0.2, 0.25) is 0 Å². The summed E-state index contributed by atoms with van der Waals surface area (Å²) >= 11 is 0. The van der Waals surface area contributed by atoms with E-state index < -0.39 is 0 Å². The van der Waals surface area contributed by atoms with Gasteiger partial charge in [-0.1, -0.05) is 18.2 Å². The molecule has 6 heteroatoms. The molecule has 3 rings (SSSR count). The second-order valence-electron chi connectivity index (χ2n) is 6.42. The Hall–Kier alpha value is -2.37. The molecule has 0 aliphatic heterocycles. The first-order valence-corrected chi connectivity index (χ1v) is 8.33. The maximum atomic E-state index is 14.0. The summed E-state index contributed by atoms with van der Waals surface area (Å²) in [5.41, 5.74) is 1.50. The Morgan fingerprint density at radius 1 is 1.46 bits per heavy atom. The van der Waals surface area contributed by atoms with Crippen LogP contribution in [-0.2, 0) is 13.6 Å². The lowest BCUT2D eigenvalue weighted by Gasteiger charge is -2.38. The van der Waals surface area contributed by atoms with Crippen molar-refractivity contribution < 1.29 is 9.18 Å². The zero-order valence-electron chi connectivity index (χ0n) is 14.1. The molecule has 1 heterocycles. The molecule has 1 aliphatic rings. The highest BCUT2D eigenvalue weighted by Crippen LogP contribution is 2.27. The van der Waals surface area contributed by atoms with Crippen LogP contribution in [0.15, 0.2) is 36.7 Å². The fraction of sp³-hybridized carbons (Fsp3) is 0.444.